The summed E-state index contributed by atoms with van der Waals surface area (Å²) in [6, 6.07) is 10.7. The van der Waals surface area contributed by atoms with Gasteiger partial charge in [-0.1, -0.05) is 25.5 Å². The van der Waals surface area contributed by atoms with Crippen LogP contribution in [0.1, 0.15) is 80.8 Å². The molecule has 2 heterocycles. The van der Waals surface area contributed by atoms with Gasteiger partial charge in [0.2, 0.25) is 11.8 Å². The van der Waals surface area contributed by atoms with Crippen LogP contribution in [0.25, 0.3) is 11.0 Å². The van der Waals surface area contributed by atoms with Crippen molar-refractivity contribution < 1.29 is 18.7 Å². The van der Waals surface area contributed by atoms with Crippen LogP contribution in [0.2, 0.25) is 0 Å². The molecular weight excluding hydrogens is 519 g/mol. The Morgan fingerprint density at radius 1 is 1.15 bits per heavy atom. The van der Waals surface area contributed by atoms with Gasteiger partial charge in [-0.25, -0.2) is 9.37 Å². The molecule has 3 aromatic rings. The van der Waals surface area contributed by atoms with Gasteiger partial charge < -0.3 is 20.4 Å². The van der Waals surface area contributed by atoms with Gasteiger partial charge in [-0.2, -0.15) is 0 Å². The highest BCUT2D eigenvalue weighted by Gasteiger charge is 2.54. The fraction of sp³-hybridized carbons (Fsp3) is 0.545. The van der Waals surface area contributed by atoms with Crippen molar-refractivity contribution in [1.82, 2.24) is 20.6 Å². The van der Waals surface area contributed by atoms with Crippen LogP contribution in [0.3, 0.4) is 0 Å². The lowest BCUT2D eigenvalue weighted by molar-refractivity contribution is -0.136. The molecule has 1 aromatic heterocycles. The maximum absolute atomic E-state index is 14.2. The van der Waals surface area contributed by atoms with Crippen molar-refractivity contribution in [2.45, 2.75) is 82.6 Å². The number of imidazole rings is 1. The van der Waals surface area contributed by atoms with Crippen molar-refractivity contribution in [3.8, 4) is 0 Å². The SMILES string of the molecule is CCNC(=O)[C@H](NC(=O)C1(c2ccc3[nH]c(C[C@@H]4c5cc(F)ccc5CC45CC5)nc3c2)CCOC1)C1(C)CCC1. The van der Waals surface area contributed by atoms with Crippen molar-refractivity contribution in [2.24, 2.45) is 10.8 Å². The van der Waals surface area contributed by atoms with Gasteiger partial charge in [0.15, 0.2) is 0 Å². The second-order valence-electron chi connectivity index (χ2n) is 13.2. The first kappa shape index (κ1) is 26.6. The Bertz CT molecular complexity index is 1520. The van der Waals surface area contributed by atoms with E-state index in [1.807, 2.05) is 31.2 Å². The third kappa shape index (κ3) is 4.37. The van der Waals surface area contributed by atoms with E-state index in [1.165, 1.54) is 18.4 Å². The molecule has 1 aliphatic heterocycles. The molecule has 3 fully saturated rings. The Morgan fingerprint density at radius 2 is 1.98 bits per heavy atom. The number of nitrogens with zero attached hydrogens (tertiary/aromatic N) is 1. The van der Waals surface area contributed by atoms with E-state index in [-0.39, 0.29) is 41.0 Å². The molecule has 2 saturated carbocycles. The number of benzene rings is 2. The van der Waals surface area contributed by atoms with Crippen molar-refractivity contribution in [3.05, 3.63) is 64.7 Å². The molecule has 0 radical (unpaired) electrons. The number of amides is 2. The zero-order valence-electron chi connectivity index (χ0n) is 23.9. The fourth-order valence-corrected chi connectivity index (χ4v) is 7.77. The van der Waals surface area contributed by atoms with E-state index in [0.29, 0.717) is 19.6 Å². The minimum absolute atomic E-state index is 0.119. The molecule has 7 rings (SSSR count). The third-order valence-electron chi connectivity index (χ3n) is 10.7. The third-order valence-corrected chi connectivity index (χ3v) is 10.7. The standard InChI is InChI=1S/C33H39FN4O3/c1-3-35-29(39)28(31(2)9-4-10-31)38-30(40)33(13-14-41-19-33)21-6-8-25-26(15-21)37-27(36-25)17-24-23-16-22(34)7-5-20(23)18-32(24)11-12-32/h5-8,15-16,24,28H,3-4,9-14,17-19H2,1-2H3,(H,35,39)(H,36,37)(H,38,40)/t24-,28+,33?/m1/s1. The number of aromatic nitrogens is 2. The smallest absolute Gasteiger partial charge is 0.243 e. The number of carbonyl (C=O) groups excluding carboxylic acids is 2. The lowest BCUT2D eigenvalue weighted by atomic mass is 9.65. The molecule has 1 spiro atoms. The predicted molar refractivity (Wildman–Crippen MR) is 154 cm³/mol. The summed E-state index contributed by atoms with van der Waals surface area (Å²) in [7, 11) is 0. The zero-order chi connectivity index (χ0) is 28.4. The molecule has 1 unspecified atom stereocenters. The first-order valence-electron chi connectivity index (χ1n) is 15.2. The Balaban J connectivity index is 1.17. The minimum Gasteiger partial charge on any atom is -0.380 e. The number of carbonyl (C=O) groups is 2. The zero-order valence-corrected chi connectivity index (χ0v) is 23.9. The van der Waals surface area contributed by atoms with Crippen LogP contribution >= 0.6 is 0 Å². The lowest BCUT2D eigenvalue weighted by Crippen LogP contribution is -2.61. The van der Waals surface area contributed by atoms with E-state index in [1.54, 1.807) is 12.1 Å². The molecule has 1 saturated heterocycles. The first-order chi connectivity index (χ1) is 19.8. The molecule has 0 bridgehead atoms. The van der Waals surface area contributed by atoms with E-state index < -0.39 is 11.5 Å². The number of fused-ring (bicyclic) bond motifs is 2. The summed E-state index contributed by atoms with van der Waals surface area (Å²) in [6.45, 7) is 5.27. The van der Waals surface area contributed by atoms with Crippen LogP contribution in [0, 0.1) is 16.6 Å². The number of H-pyrrole nitrogens is 1. The summed E-state index contributed by atoms with van der Waals surface area (Å²) >= 11 is 0. The van der Waals surface area contributed by atoms with E-state index >= 15 is 0 Å². The summed E-state index contributed by atoms with van der Waals surface area (Å²) in [5.74, 6) is 0.693. The van der Waals surface area contributed by atoms with Gasteiger partial charge in [0.25, 0.3) is 0 Å². The molecule has 216 valence electrons. The van der Waals surface area contributed by atoms with E-state index in [2.05, 4.69) is 22.5 Å². The average Bonchev–Trinajstić information content (AvgIpc) is 3.26. The van der Waals surface area contributed by atoms with Crippen LogP contribution in [0.4, 0.5) is 4.39 Å². The highest BCUT2D eigenvalue weighted by atomic mass is 19.1. The van der Waals surface area contributed by atoms with Crippen LogP contribution < -0.4 is 10.6 Å². The Kier molecular flexibility index (Phi) is 6.27. The van der Waals surface area contributed by atoms with Crippen molar-refractivity contribution in [1.29, 1.82) is 0 Å². The van der Waals surface area contributed by atoms with Crippen molar-refractivity contribution >= 4 is 22.8 Å². The van der Waals surface area contributed by atoms with Gasteiger partial charge in [-0.05, 0) is 103 Å². The summed E-state index contributed by atoms with van der Waals surface area (Å²) in [6.07, 6.45) is 7.55. The highest BCUT2D eigenvalue weighted by Crippen LogP contribution is 2.63. The molecule has 3 N–H and O–H groups in total. The molecule has 2 aromatic carbocycles. The molecule has 3 aliphatic carbocycles. The predicted octanol–water partition coefficient (Wildman–Crippen LogP) is 4.83. The van der Waals surface area contributed by atoms with Gasteiger partial charge in [0.1, 0.15) is 17.7 Å². The normalized spacial score (nSPS) is 26.0. The van der Waals surface area contributed by atoms with Gasteiger partial charge in [0.05, 0.1) is 23.1 Å². The summed E-state index contributed by atoms with van der Waals surface area (Å²) in [4.78, 5) is 35.6. The van der Waals surface area contributed by atoms with Crippen molar-refractivity contribution in [2.75, 3.05) is 19.8 Å². The van der Waals surface area contributed by atoms with Crippen LogP contribution in [0.15, 0.2) is 36.4 Å². The maximum Gasteiger partial charge on any atom is 0.243 e. The molecule has 4 aliphatic rings. The van der Waals surface area contributed by atoms with Crippen LogP contribution in [-0.2, 0) is 32.6 Å². The number of ether oxygens (including phenoxy) is 1. The Morgan fingerprint density at radius 3 is 2.66 bits per heavy atom. The maximum atomic E-state index is 14.2. The van der Waals surface area contributed by atoms with Crippen LogP contribution in [0.5, 0.6) is 0 Å². The number of halogens is 1. The van der Waals surface area contributed by atoms with E-state index in [4.69, 9.17) is 9.72 Å². The Hall–Kier alpha value is -3.26. The minimum atomic E-state index is -0.877. The number of hydrogen-bond acceptors (Lipinski definition) is 4. The van der Waals surface area contributed by atoms with Gasteiger partial charge >= 0.3 is 0 Å². The molecule has 2 amide bonds. The number of nitrogens with one attached hydrogen (secondary N) is 3. The largest absolute Gasteiger partial charge is 0.380 e. The Labute approximate surface area is 240 Å². The second kappa shape index (κ2) is 9.65. The molecule has 41 heavy (non-hydrogen) atoms. The number of rotatable bonds is 8. The quantitative estimate of drug-likeness (QED) is 0.369. The summed E-state index contributed by atoms with van der Waals surface area (Å²) in [5.41, 5.74) is 4.11. The highest BCUT2D eigenvalue weighted by molar-refractivity contribution is 5.94. The average molecular weight is 559 g/mol. The summed E-state index contributed by atoms with van der Waals surface area (Å²) < 4.78 is 20.0. The summed E-state index contributed by atoms with van der Waals surface area (Å²) in [5, 5.41) is 6.09. The van der Waals surface area contributed by atoms with Gasteiger partial charge in [0, 0.05) is 19.6 Å². The molecule has 3 atom stereocenters. The van der Waals surface area contributed by atoms with E-state index in [9.17, 15) is 14.0 Å². The molecule has 8 heteroatoms. The number of likely N-dealkylation sites (N-methyl/N-ethyl adjacent to an activating group) is 1. The van der Waals surface area contributed by atoms with Crippen molar-refractivity contribution in [3.63, 3.8) is 0 Å². The second-order valence-corrected chi connectivity index (χ2v) is 13.2. The van der Waals surface area contributed by atoms with Gasteiger partial charge in [-0.3, -0.25) is 9.59 Å². The lowest BCUT2D eigenvalue weighted by Gasteiger charge is -2.45. The van der Waals surface area contributed by atoms with Crippen LogP contribution in [-0.4, -0.2) is 47.6 Å². The molecule has 7 nitrogen and oxygen atoms in total. The van der Waals surface area contributed by atoms with Gasteiger partial charge in [-0.15, -0.1) is 0 Å². The first-order valence-corrected chi connectivity index (χ1v) is 15.2. The number of aromatic amines is 1. The van der Waals surface area contributed by atoms with E-state index in [0.717, 1.165) is 60.1 Å². The monoisotopic (exact) mass is 558 g/mol. The molecular formula is C33H39FN4O3. The number of hydrogen-bond donors (Lipinski definition) is 3. The topological polar surface area (TPSA) is 96.1 Å². The fourth-order valence-electron chi connectivity index (χ4n) is 7.77.